The van der Waals surface area contributed by atoms with E-state index in [4.69, 9.17) is 0 Å². The second-order valence-electron chi connectivity index (χ2n) is 5.59. The lowest BCUT2D eigenvalue weighted by atomic mass is 10.1. The number of hydrogen-bond acceptors (Lipinski definition) is 5. The van der Waals surface area contributed by atoms with Crippen LogP contribution in [0, 0.1) is 0 Å². The van der Waals surface area contributed by atoms with Crippen LogP contribution in [0.25, 0.3) is 10.8 Å². The highest BCUT2D eigenvalue weighted by Crippen LogP contribution is 2.36. The number of carboxylic acid groups (broad SMARTS) is 1. The first-order chi connectivity index (χ1) is 11.8. The summed E-state index contributed by atoms with van der Waals surface area (Å²) in [6, 6.07) is 6.52. The molecule has 0 radical (unpaired) electrons. The molecule has 132 valence electrons. The van der Waals surface area contributed by atoms with Gasteiger partial charge in [0.05, 0.1) is 4.90 Å². The van der Waals surface area contributed by atoms with Crippen LogP contribution < -0.4 is 10.0 Å². The molecule has 2 aromatic carbocycles. The van der Waals surface area contributed by atoms with Gasteiger partial charge in [-0.25, -0.2) is 8.42 Å². The number of anilines is 1. The fourth-order valence-electron chi connectivity index (χ4n) is 2.82. The number of aliphatic carboxylic acids is 1. The molecule has 0 bridgehead atoms. The van der Waals surface area contributed by atoms with Crippen molar-refractivity contribution in [2.45, 2.75) is 17.4 Å². The summed E-state index contributed by atoms with van der Waals surface area (Å²) in [5, 5.41) is 12.9. The molecule has 0 saturated carbocycles. The standard InChI is InChI=1S/C16H16N2O5S2/c1-24-8-7-12(16(20)21)18-25(22,23)13-6-5-11-14-9(13)3-2-4-10(14)15(19)17-11/h2-6,12,18H,7-8H2,1H3,(H,17,19)(H,20,21)/t12-/m0/s1. The van der Waals surface area contributed by atoms with Gasteiger partial charge in [0.1, 0.15) is 6.04 Å². The van der Waals surface area contributed by atoms with Crippen molar-refractivity contribution in [1.29, 1.82) is 0 Å². The van der Waals surface area contributed by atoms with Gasteiger partial charge in [-0.15, -0.1) is 0 Å². The Labute approximate surface area is 148 Å². The van der Waals surface area contributed by atoms with Crippen LogP contribution in [0.5, 0.6) is 0 Å². The van der Waals surface area contributed by atoms with Crippen LogP contribution in [0.2, 0.25) is 0 Å². The van der Waals surface area contributed by atoms with E-state index in [9.17, 15) is 23.1 Å². The number of nitrogens with one attached hydrogen (secondary N) is 2. The lowest BCUT2D eigenvalue weighted by Gasteiger charge is -2.15. The van der Waals surface area contributed by atoms with Crippen molar-refractivity contribution in [3.63, 3.8) is 0 Å². The maximum Gasteiger partial charge on any atom is 0.321 e. The summed E-state index contributed by atoms with van der Waals surface area (Å²) in [4.78, 5) is 23.2. The summed E-state index contributed by atoms with van der Waals surface area (Å²) in [6.45, 7) is 0. The van der Waals surface area contributed by atoms with Crippen LogP contribution >= 0.6 is 11.8 Å². The van der Waals surface area contributed by atoms with Gasteiger partial charge >= 0.3 is 5.97 Å². The molecule has 1 amide bonds. The highest BCUT2D eigenvalue weighted by molar-refractivity contribution is 7.98. The van der Waals surface area contributed by atoms with Crippen molar-refractivity contribution in [3.8, 4) is 0 Å². The Morgan fingerprint density at radius 2 is 2.08 bits per heavy atom. The molecule has 0 aromatic heterocycles. The maximum atomic E-state index is 12.8. The second kappa shape index (κ2) is 6.66. The van der Waals surface area contributed by atoms with E-state index in [2.05, 4.69) is 10.0 Å². The first kappa shape index (κ1) is 17.7. The molecule has 2 aromatic rings. The molecule has 3 rings (SSSR count). The van der Waals surface area contributed by atoms with Gasteiger partial charge in [0.25, 0.3) is 5.91 Å². The Hall–Kier alpha value is -2.10. The minimum Gasteiger partial charge on any atom is -0.480 e. The van der Waals surface area contributed by atoms with Crippen LogP contribution in [0.1, 0.15) is 16.8 Å². The van der Waals surface area contributed by atoms with Gasteiger partial charge in [0, 0.05) is 22.0 Å². The van der Waals surface area contributed by atoms with Gasteiger partial charge in [-0.05, 0) is 36.6 Å². The Kier molecular flexibility index (Phi) is 4.72. The lowest BCUT2D eigenvalue weighted by molar-refractivity contribution is -0.139. The lowest BCUT2D eigenvalue weighted by Crippen LogP contribution is -2.41. The number of rotatable bonds is 7. The zero-order chi connectivity index (χ0) is 18.2. The molecule has 3 N–H and O–H groups in total. The summed E-state index contributed by atoms with van der Waals surface area (Å²) >= 11 is 1.44. The Morgan fingerprint density at radius 1 is 1.32 bits per heavy atom. The highest BCUT2D eigenvalue weighted by atomic mass is 32.2. The van der Waals surface area contributed by atoms with Crippen LogP contribution in [0.3, 0.4) is 0 Å². The molecular weight excluding hydrogens is 364 g/mol. The predicted octanol–water partition coefficient (Wildman–Crippen LogP) is 1.89. The SMILES string of the molecule is CSCC[C@H](NS(=O)(=O)c1ccc2c3c(cccc13)C(=O)N2)C(=O)O. The first-order valence-electron chi connectivity index (χ1n) is 7.46. The van der Waals surface area contributed by atoms with Crippen LogP contribution in [-0.2, 0) is 14.8 Å². The number of carbonyl (C=O) groups excluding carboxylic acids is 1. The van der Waals surface area contributed by atoms with E-state index >= 15 is 0 Å². The quantitative estimate of drug-likeness (QED) is 0.676. The van der Waals surface area contributed by atoms with E-state index in [0.29, 0.717) is 27.8 Å². The molecule has 0 spiro atoms. The molecule has 1 heterocycles. The third kappa shape index (κ3) is 3.22. The third-order valence-electron chi connectivity index (χ3n) is 3.99. The molecule has 0 aliphatic carbocycles. The van der Waals surface area contributed by atoms with Gasteiger partial charge in [-0.3, -0.25) is 9.59 Å². The normalized spacial score (nSPS) is 14.5. The summed E-state index contributed by atoms with van der Waals surface area (Å²) < 4.78 is 27.8. The van der Waals surface area contributed by atoms with E-state index in [0.717, 1.165) is 0 Å². The highest BCUT2D eigenvalue weighted by Gasteiger charge is 2.29. The Morgan fingerprint density at radius 3 is 2.76 bits per heavy atom. The van der Waals surface area contributed by atoms with Crippen LogP contribution in [0.4, 0.5) is 5.69 Å². The van der Waals surface area contributed by atoms with E-state index in [1.165, 1.54) is 23.9 Å². The number of hydrogen-bond donors (Lipinski definition) is 3. The molecule has 25 heavy (non-hydrogen) atoms. The average Bonchev–Trinajstić information content (AvgIpc) is 2.89. The topological polar surface area (TPSA) is 113 Å². The van der Waals surface area contributed by atoms with Crippen LogP contribution in [0.15, 0.2) is 35.2 Å². The van der Waals surface area contributed by atoms with Crippen molar-refractivity contribution in [3.05, 3.63) is 35.9 Å². The van der Waals surface area contributed by atoms with E-state index < -0.39 is 22.0 Å². The number of amides is 1. The van der Waals surface area contributed by atoms with Gasteiger partial charge in [-0.2, -0.15) is 16.5 Å². The van der Waals surface area contributed by atoms with E-state index in [-0.39, 0.29) is 17.2 Å². The molecule has 9 heteroatoms. The van der Waals surface area contributed by atoms with Crippen molar-refractivity contribution in [2.75, 3.05) is 17.3 Å². The van der Waals surface area contributed by atoms with Crippen molar-refractivity contribution >= 4 is 50.1 Å². The van der Waals surface area contributed by atoms with Crippen molar-refractivity contribution < 1.29 is 23.1 Å². The largest absolute Gasteiger partial charge is 0.480 e. The molecule has 1 atom stereocenters. The van der Waals surface area contributed by atoms with Gasteiger partial charge in [0.2, 0.25) is 10.0 Å². The van der Waals surface area contributed by atoms with Gasteiger partial charge in [0.15, 0.2) is 0 Å². The van der Waals surface area contributed by atoms with Crippen molar-refractivity contribution in [2.24, 2.45) is 0 Å². The summed E-state index contributed by atoms with van der Waals surface area (Å²) in [6.07, 6.45) is 2.00. The molecule has 0 unspecified atom stereocenters. The summed E-state index contributed by atoms with van der Waals surface area (Å²) in [5.41, 5.74) is 0.952. The number of benzene rings is 2. The monoisotopic (exact) mass is 380 g/mol. The van der Waals surface area contributed by atoms with Crippen LogP contribution in [-0.4, -0.2) is 43.5 Å². The zero-order valence-corrected chi connectivity index (χ0v) is 14.9. The predicted molar refractivity (Wildman–Crippen MR) is 96.6 cm³/mol. The summed E-state index contributed by atoms with van der Waals surface area (Å²) in [7, 11) is -4.06. The fourth-order valence-corrected chi connectivity index (χ4v) is 4.72. The van der Waals surface area contributed by atoms with Gasteiger partial charge < -0.3 is 10.4 Å². The minimum atomic E-state index is -4.06. The summed E-state index contributed by atoms with van der Waals surface area (Å²) in [5.74, 6) is -0.992. The molecular formula is C16H16N2O5S2. The maximum absolute atomic E-state index is 12.8. The number of carbonyl (C=O) groups is 2. The van der Waals surface area contributed by atoms with E-state index in [1.807, 2.05) is 6.26 Å². The third-order valence-corrected chi connectivity index (χ3v) is 6.16. The Balaban J connectivity index is 2.05. The Bertz CT molecular complexity index is 972. The first-order valence-corrected chi connectivity index (χ1v) is 10.3. The van der Waals surface area contributed by atoms with E-state index in [1.54, 1.807) is 18.2 Å². The number of sulfonamides is 1. The molecule has 1 aliphatic heterocycles. The van der Waals surface area contributed by atoms with Crippen molar-refractivity contribution in [1.82, 2.24) is 4.72 Å². The van der Waals surface area contributed by atoms with Gasteiger partial charge in [-0.1, -0.05) is 12.1 Å². The average molecular weight is 380 g/mol. The number of carboxylic acids is 1. The second-order valence-corrected chi connectivity index (χ2v) is 8.26. The number of thioether (sulfide) groups is 1. The molecule has 7 nitrogen and oxygen atoms in total. The fraction of sp³-hybridized carbons (Fsp3) is 0.250. The molecule has 0 fully saturated rings. The molecule has 0 saturated heterocycles. The smallest absolute Gasteiger partial charge is 0.321 e. The zero-order valence-electron chi connectivity index (χ0n) is 13.3. The minimum absolute atomic E-state index is 0.0417. The molecule has 1 aliphatic rings.